The van der Waals surface area contributed by atoms with Gasteiger partial charge in [-0.25, -0.2) is 17.2 Å². The standard InChI is InChI=1S/C20H24F2N2O4S/c1-5-24(6-2)29(26,27)15-8-10-19(28-13(3)4)18(12-15)23-20(25)16-11-14(21)7-9-17(16)22/h7-13H,5-6H2,1-4H3,(H,23,25). The monoisotopic (exact) mass is 426 g/mol. The van der Waals surface area contributed by atoms with Crippen LogP contribution in [0.4, 0.5) is 14.5 Å². The third kappa shape index (κ3) is 5.30. The zero-order valence-corrected chi connectivity index (χ0v) is 17.5. The summed E-state index contributed by atoms with van der Waals surface area (Å²) < 4.78 is 59.9. The molecule has 0 radical (unpaired) electrons. The van der Waals surface area contributed by atoms with E-state index in [1.165, 1.54) is 22.5 Å². The molecule has 0 spiro atoms. The van der Waals surface area contributed by atoms with Gasteiger partial charge in [0.25, 0.3) is 5.91 Å². The van der Waals surface area contributed by atoms with Gasteiger partial charge < -0.3 is 10.1 Å². The molecule has 9 heteroatoms. The Morgan fingerprint density at radius 2 is 1.76 bits per heavy atom. The highest BCUT2D eigenvalue weighted by Crippen LogP contribution is 2.30. The van der Waals surface area contributed by atoms with Crippen LogP contribution in [-0.2, 0) is 10.0 Å². The van der Waals surface area contributed by atoms with Crippen LogP contribution >= 0.6 is 0 Å². The lowest BCUT2D eigenvalue weighted by Crippen LogP contribution is -2.30. The van der Waals surface area contributed by atoms with Crippen LogP contribution in [-0.4, -0.2) is 37.8 Å². The molecule has 0 saturated heterocycles. The predicted molar refractivity (Wildman–Crippen MR) is 107 cm³/mol. The molecule has 0 saturated carbocycles. The van der Waals surface area contributed by atoms with Crippen molar-refractivity contribution in [2.24, 2.45) is 0 Å². The van der Waals surface area contributed by atoms with E-state index in [4.69, 9.17) is 4.74 Å². The van der Waals surface area contributed by atoms with Gasteiger partial charge >= 0.3 is 0 Å². The van der Waals surface area contributed by atoms with Gasteiger partial charge in [-0.3, -0.25) is 4.79 Å². The fourth-order valence-corrected chi connectivity index (χ4v) is 4.18. The third-order valence-electron chi connectivity index (χ3n) is 4.08. The first-order valence-electron chi connectivity index (χ1n) is 9.17. The normalized spacial score (nSPS) is 11.7. The number of ether oxygens (including phenoxy) is 1. The van der Waals surface area contributed by atoms with Crippen molar-refractivity contribution in [2.75, 3.05) is 18.4 Å². The quantitative estimate of drug-likeness (QED) is 0.691. The summed E-state index contributed by atoms with van der Waals surface area (Å²) in [7, 11) is -3.79. The highest BCUT2D eigenvalue weighted by atomic mass is 32.2. The van der Waals surface area contributed by atoms with Crippen molar-refractivity contribution in [2.45, 2.75) is 38.7 Å². The second-order valence-corrected chi connectivity index (χ2v) is 8.43. The van der Waals surface area contributed by atoms with E-state index in [-0.39, 0.29) is 35.5 Å². The molecule has 158 valence electrons. The molecule has 0 fully saturated rings. The van der Waals surface area contributed by atoms with Crippen LogP contribution in [0, 0.1) is 11.6 Å². The van der Waals surface area contributed by atoms with Crippen molar-refractivity contribution >= 4 is 21.6 Å². The first-order chi connectivity index (χ1) is 13.6. The maximum absolute atomic E-state index is 13.9. The van der Waals surface area contributed by atoms with E-state index in [1.807, 2.05) is 0 Å². The molecule has 0 aliphatic carbocycles. The van der Waals surface area contributed by atoms with E-state index >= 15 is 0 Å². The van der Waals surface area contributed by atoms with Gasteiger partial charge in [0.05, 0.1) is 22.3 Å². The third-order valence-corrected chi connectivity index (χ3v) is 6.12. The molecule has 1 N–H and O–H groups in total. The van der Waals surface area contributed by atoms with Gasteiger partial charge in [0.2, 0.25) is 10.0 Å². The Hall–Kier alpha value is -2.52. The first-order valence-corrected chi connectivity index (χ1v) is 10.6. The molecule has 29 heavy (non-hydrogen) atoms. The molecular formula is C20H24F2N2O4S. The minimum absolute atomic E-state index is 0.0422. The highest BCUT2D eigenvalue weighted by molar-refractivity contribution is 7.89. The van der Waals surface area contributed by atoms with E-state index < -0.39 is 33.1 Å². The van der Waals surface area contributed by atoms with E-state index in [0.717, 1.165) is 18.2 Å². The molecule has 0 heterocycles. The van der Waals surface area contributed by atoms with Crippen LogP contribution in [0.15, 0.2) is 41.3 Å². The Morgan fingerprint density at radius 1 is 1.10 bits per heavy atom. The van der Waals surface area contributed by atoms with Gasteiger partial charge in [-0.2, -0.15) is 4.31 Å². The number of anilines is 1. The largest absolute Gasteiger partial charge is 0.489 e. The summed E-state index contributed by atoms with van der Waals surface area (Å²) in [6, 6.07) is 6.57. The van der Waals surface area contributed by atoms with Crippen molar-refractivity contribution in [3.05, 3.63) is 53.6 Å². The lowest BCUT2D eigenvalue weighted by atomic mass is 10.2. The molecule has 2 aromatic rings. The zero-order valence-electron chi connectivity index (χ0n) is 16.7. The molecule has 2 aromatic carbocycles. The van der Waals surface area contributed by atoms with E-state index in [9.17, 15) is 22.0 Å². The summed E-state index contributed by atoms with van der Waals surface area (Å²) >= 11 is 0. The summed E-state index contributed by atoms with van der Waals surface area (Å²) in [5.41, 5.74) is -0.460. The average molecular weight is 426 g/mol. The van der Waals surface area contributed by atoms with E-state index in [1.54, 1.807) is 27.7 Å². The summed E-state index contributed by atoms with van der Waals surface area (Å²) in [4.78, 5) is 12.5. The number of sulfonamides is 1. The summed E-state index contributed by atoms with van der Waals surface area (Å²) in [6.45, 7) is 7.51. The van der Waals surface area contributed by atoms with Crippen LogP contribution in [0.3, 0.4) is 0 Å². The Labute approximate surface area is 169 Å². The van der Waals surface area contributed by atoms with E-state index in [2.05, 4.69) is 5.32 Å². The van der Waals surface area contributed by atoms with Crippen LogP contribution in [0.25, 0.3) is 0 Å². The zero-order chi connectivity index (χ0) is 21.8. The van der Waals surface area contributed by atoms with Crippen molar-refractivity contribution < 1.29 is 26.7 Å². The van der Waals surface area contributed by atoms with Crippen molar-refractivity contribution in [3.63, 3.8) is 0 Å². The second kappa shape index (κ2) is 9.32. The van der Waals surface area contributed by atoms with Crippen LogP contribution in [0.2, 0.25) is 0 Å². The smallest absolute Gasteiger partial charge is 0.258 e. The fraction of sp³-hybridized carbons (Fsp3) is 0.350. The summed E-state index contributed by atoms with van der Waals surface area (Å²) in [5, 5.41) is 2.43. The average Bonchev–Trinajstić information content (AvgIpc) is 2.65. The highest BCUT2D eigenvalue weighted by Gasteiger charge is 2.24. The number of halogens is 2. The molecule has 0 aliphatic rings. The molecule has 0 aromatic heterocycles. The number of nitrogens with zero attached hydrogens (tertiary/aromatic N) is 1. The first kappa shape index (κ1) is 22.8. The number of amides is 1. The maximum Gasteiger partial charge on any atom is 0.258 e. The molecular weight excluding hydrogens is 402 g/mol. The van der Waals surface area contributed by atoms with Gasteiger partial charge in [0.15, 0.2) is 0 Å². The number of benzene rings is 2. The van der Waals surface area contributed by atoms with Gasteiger partial charge in [-0.15, -0.1) is 0 Å². The van der Waals surface area contributed by atoms with Crippen molar-refractivity contribution in [1.29, 1.82) is 0 Å². The van der Waals surface area contributed by atoms with Gasteiger partial charge in [0, 0.05) is 13.1 Å². The Bertz CT molecular complexity index is 990. The summed E-state index contributed by atoms with van der Waals surface area (Å²) in [6.07, 6.45) is -0.262. The Balaban J connectivity index is 2.49. The predicted octanol–water partition coefficient (Wildman–Crippen LogP) is 4.03. The number of carbonyl (C=O) groups is 1. The van der Waals surface area contributed by atoms with E-state index in [0.29, 0.717) is 0 Å². The van der Waals surface area contributed by atoms with Gasteiger partial charge in [-0.1, -0.05) is 13.8 Å². The molecule has 0 aliphatic heterocycles. The summed E-state index contributed by atoms with van der Waals surface area (Å²) in [5.74, 6) is -2.38. The number of hydrogen-bond donors (Lipinski definition) is 1. The lowest BCUT2D eigenvalue weighted by Gasteiger charge is -2.20. The topological polar surface area (TPSA) is 75.7 Å². The molecule has 2 rings (SSSR count). The Morgan fingerprint density at radius 3 is 2.34 bits per heavy atom. The molecule has 1 amide bonds. The van der Waals surface area contributed by atoms with Crippen LogP contribution < -0.4 is 10.1 Å². The SMILES string of the molecule is CCN(CC)S(=O)(=O)c1ccc(OC(C)C)c(NC(=O)c2cc(F)ccc2F)c1. The van der Waals surface area contributed by atoms with Crippen molar-refractivity contribution in [1.82, 2.24) is 4.31 Å². The van der Waals surface area contributed by atoms with Gasteiger partial charge in [-0.05, 0) is 50.2 Å². The number of nitrogens with one attached hydrogen (secondary N) is 1. The minimum atomic E-state index is -3.79. The van der Waals surface area contributed by atoms with Crippen LogP contribution in [0.5, 0.6) is 5.75 Å². The molecule has 0 atom stereocenters. The van der Waals surface area contributed by atoms with Crippen LogP contribution in [0.1, 0.15) is 38.1 Å². The lowest BCUT2D eigenvalue weighted by molar-refractivity contribution is 0.102. The maximum atomic E-state index is 13.9. The minimum Gasteiger partial charge on any atom is -0.489 e. The van der Waals surface area contributed by atoms with Crippen molar-refractivity contribution in [3.8, 4) is 5.75 Å². The van der Waals surface area contributed by atoms with Gasteiger partial charge in [0.1, 0.15) is 17.4 Å². The number of hydrogen-bond acceptors (Lipinski definition) is 4. The number of rotatable bonds is 8. The fourth-order valence-electron chi connectivity index (χ4n) is 2.70. The molecule has 6 nitrogen and oxygen atoms in total. The second-order valence-electron chi connectivity index (χ2n) is 6.49. The number of carbonyl (C=O) groups excluding carboxylic acids is 1. The Kier molecular flexibility index (Phi) is 7.32. The molecule has 0 bridgehead atoms. The molecule has 0 unspecified atom stereocenters.